The van der Waals surface area contributed by atoms with Gasteiger partial charge in [0, 0.05) is 37.3 Å². The summed E-state index contributed by atoms with van der Waals surface area (Å²) in [6, 6.07) is 19.0. The van der Waals surface area contributed by atoms with Crippen molar-refractivity contribution >= 4 is 6.09 Å². The van der Waals surface area contributed by atoms with Crippen LogP contribution in [0.25, 0.3) is 0 Å². The number of carbonyl (C=O) groups excluding carboxylic acids is 1. The second-order valence-electron chi connectivity index (χ2n) is 7.91. The number of nitrogens with zero attached hydrogens (tertiary/aromatic N) is 5. The number of carbonyl (C=O) groups is 1. The fourth-order valence-corrected chi connectivity index (χ4v) is 4.58. The molecule has 1 aliphatic heterocycles. The van der Waals surface area contributed by atoms with Crippen molar-refractivity contribution in [2.24, 2.45) is 17.1 Å². The lowest BCUT2D eigenvalue weighted by atomic mass is 9.58. The zero-order chi connectivity index (χ0) is 23.4. The average Bonchev–Trinajstić information content (AvgIpc) is 2.87. The van der Waals surface area contributed by atoms with Crippen LogP contribution in [0.3, 0.4) is 0 Å². The first kappa shape index (κ1) is 21.6. The number of fused-ring (bicyclic) bond motifs is 1. The van der Waals surface area contributed by atoms with Gasteiger partial charge in [0.1, 0.15) is 12.7 Å². The first-order valence-corrected chi connectivity index (χ1v) is 10.3. The molecule has 0 radical (unpaired) electrons. The van der Waals surface area contributed by atoms with Gasteiger partial charge in [-0.05, 0) is 22.8 Å². The molecule has 1 aliphatic carbocycles. The summed E-state index contributed by atoms with van der Waals surface area (Å²) in [5.74, 6) is -1.22. The van der Waals surface area contributed by atoms with E-state index in [1.807, 2.05) is 30.3 Å². The maximum atomic E-state index is 12.8. The minimum Gasteiger partial charge on any atom is -0.445 e. The molecule has 2 heterocycles. The van der Waals surface area contributed by atoms with Gasteiger partial charge in [-0.3, -0.25) is 4.98 Å². The van der Waals surface area contributed by atoms with Gasteiger partial charge in [0.05, 0.1) is 23.4 Å². The number of hydrogen-bond acceptors (Lipinski definition) is 7. The molecule has 2 aliphatic rings. The highest BCUT2D eigenvalue weighted by Crippen LogP contribution is 2.53. The minimum atomic E-state index is -1.77. The topological polar surface area (TPSA) is 140 Å². The van der Waals surface area contributed by atoms with Crippen LogP contribution >= 0.6 is 0 Å². The highest BCUT2D eigenvalue weighted by molar-refractivity contribution is 5.69. The second kappa shape index (κ2) is 8.86. The molecule has 0 spiro atoms. The Kier molecular flexibility index (Phi) is 5.81. The number of pyridine rings is 1. The molecule has 1 aromatic heterocycles. The summed E-state index contributed by atoms with van der Waals surface area (Å²) in [7, 11) is 0. The van der Waals surface area contributed by atoms with Gasteiger partial charge in [-0.15, -0.1) is 0 Å². The van der Waals surface area contributed by atoms with Crippen LogP contribution in [0.1, 0.15) is 17.0 Å². The largest absolute Gasteiger partial charge is 0.445 e. The number of nitrogens with two attached hydrogens (primary N) is 1. The average molecular weight is 436 g/mol. The summed E-state index contributed by atoms with van der Waals surface area (Å²) >= 11 is 0. The summed E-state index contributed by atoms with van der Waals surface area (Å²) in [6.07, 6.45) is 4.42. The van der Waals surface area contributed by atoms with E-state index in [0.29, 0.717) is 11.1 Å². The Labute approximate surface area is 191 Å². The zero-order valence-corrected chi connectivity index (χ0v) is 17.7. The molecule has 1 amide bonds. The monoisotopic (exact) mass is 436 g/mol. The normalized spacial score (nSPS) is 21.0. The molecule has 162 valence electrons. The molecule has 4 rings (SSSR count). The van der Waals surface area contributed by atoms with Gasteiger partial charge >= 0.3 is 6.09 Å². The van der Waals surface area contributed by atoms with Crippen molar-refractivity contribution in [2.45, 2.75) is 12.5 Å². The third-order valence-electron chi connectivity index (χ3n) is 6.17. The van der Waals surface area contributed by atoms with Gasteiger partial charge in [0.15, 0.2) is 5.41 Å². The van der Waals surface area contributed by atoms with Crippen LogP contribution in [0.15, 0.2) is 77.8 Å². The van der Waals surface area contributed by atoms with Gasteiger partial charge in [0.2, 0.25) is 0 Å². The summed E-state index contributed by atoms with van der Waals surface area (Å²) in [6.45, 7) is 0.520. The molecule has 0 bridgehead atoms. The first-order chi connectivity index (χ1) is 16.1. The molecular weight excluding hydrogens is 416 g/mol. The van der Waals surface area contributed by atoms with Gasteiger partial charge < -0.3 is 15.4 Å². The van der Waals surface area contributed by atoms with Crippen LogP contribution < -0.4 is 5.73 Å². The summed E-state index contributed by atoms with van der Waals surface area (Å²) in [5.41, 5.74) is 6.70. The molecule has 2 N–H and O–H groups in total. The second-order valence-corrected chi connectivity index (χ2v) is 7.91. The van der Waals surface area contributed by atoms with Crippen molar-refractivity contribution < 1.29 is 9.53 Å². The van der Waals surface area contributed by atoms with E-state index in [-0.39, 0.29) is 31.0 Å². The molecule has 0 fully saturated rings. The van der Waals surface area contributed by atoms with E-state index in [1.165, 1.54) is 4.90 Å². The van der Waals surface area contributed by atoms with Crippen molar-refractivity contribution in [3.63, 3.8) is 0 Å². The number of ether oxygens (including phenoxy) is 1. The number of aromatic nitrogens is 1. The van der Waals surface area contributed by atoms with Gasteiger partial charge in [-0.2, -0.15) is 15.8 Å². The quantitative estimate of drug-likeness (QED) is 0.779. The Morgan fingerprint density at radius 3 is 2.58 bits per heavy atom. The molecule has 0 saturated heterocycles. The number of benzene rings is 1. The minimum absolute atomic E-state index is 0.0635. The predicted molar refractivity (Wildman–Crippen MR) is 117 cm³/mol. The maximum absolute atomic E-state index is 12.8. The summed E-state index contributed by atoms with van der Waals surface area (Å²) in [5, 5.41) is 30.0. The van der Waals surface area contributed by atoms with Crippen LogP contribution in [0.5, 0.6) is 0 Å². The Hall–Kier alpha value is -4.61. The molecular formula is C25H20N6O2. The lowest BCUT2D eigenvalue weighted by molar-refractivity contribution is 0.0898. The van der Waals surface area contributed by atoms with Crippen LogP contribution in [0.2, 0.25) is 0 Å². The highest BCUT2D eigenvalue weighted by Gasteiger charge is 2.54. The van der Waals surface area contributed by atoms with Crippen molar-refractivity contribution in [3.05, 3.63) is 88.9 Å². The SMILES string of the molecule is N#CC1=C(N)C(C#N)(C#N)[C@H](c2cccnc2)[C@H]2CN(C(=O)OCc3ccccc3)CC=C12. The fraction of sp³-hybridized carbons (Fsp3) is 0.240. The molecule has 2 aromatic rings. The zero-order valence-electron chi connectivity index (χ0n) is 17.7. The summed E-state index contributed by atoms with van der Waals surface area (Å²) in [4.78, 5) is 18.5. The van der Waals surface area contributed by atoms with Crippen LogP contribution in [0.4, 0.5) is 4.79 Å². The van der Waals surface area contributed by atoms with Crippen LogP contribution in [-0.2, 0) is 11.3 Å². The van der Waals surface area contributed by atoms with E-state index < -0.39 is 23.3 Å². The molecule has 8 nitrogen and oxygen atoms in total. The molecule has 33 heavy (non-hydrogen) atoms. The van der Waals surface area contributed by atoms with Crippen molar-refractivity contribution in [1.29, 1.82) is 15.8 Å². The number of rotatable bonds is 3. The predicted octanol–water partition coefficient (Wildman–Crippen LogP) is 3.14. The van der Waals surface area contributed by atoms with E-state index in [1.54, 1.807) is 30.6 Å². The molecule has 0 unspecified atom stereocenters. The summed E-state index contributed by atoms with van der Waals surface area (Å²) < 4.78 is 5.48. The van der Waals surface area contributed by atoms with Crippen molar-refractivity contribution in [2.75, 3.05) is 13.1 Å². The van der Waals surface area contributed by atoms with E-state index in [4.69, 9.17) is 10.5 Å². The van der Waals surface area contributed by atoms with Gasteiger partial charge in [0.25, 0.3) is 0 Å². The molecule has 1 aromatic carbocycles. The van der Waals surface area contributed by atoms with Crippen molar-refractivity contribution in [1.82, 2.24) is 9.88 Å². The smallest absolute Gasteiger partial charge is 0.410 e. The lowest BCUT2D eigenvalue weighted by Gasteiger charge is -2.45. The lowest BCUT2D eigenvalue weighted by Crippen LogP contribution is -2.49. The Balaban J connectivity index is 1.71. The third kappa shape index (κ3) is 3.67. The van der Waals surface area contributed by atoms with E-state index >= 15 is 0 Å². The van der Waals surface area contributed by atoms with Gasteiger partial charge in [-0.1, -0.05) is 42.5 Å². The standard InChI is InChI=1S/C25H20N6O2/c26-11-20-19-8-10-31(24(32)33-14-17-5-2-1-3-6-17)13-21(19)22(18-7-4-9-30-12-18)25(15-27,16-28)23(20)29/h1-9,12,21-22H,10,13-14,29H2/t21-,22+/m0/s1. The molecule has 0 saturated carbocycles. The first-order valence-electron chi connectivity index (χ1n) is 10.3. The molecule has 8 heteroatoms. The number of nitriles is 3. The highest BCUT2D eigenvalue weighted by atomic mass is 16.6. The number of hydrogen-bond donors (Lipinski definition) is 1. The third-order valence-corrected chi connectivity index (χ3v) is 6.17. The van der Waals surface area contributed by atoms with E-state index in [9.17, 15) is 20.6 Å². The fourth-order valence-electron chi connectivity index (χ4n) is 4.58. The van der Waals surface area contributed by atoms with Crippen molar-refractivity contribution in [3.8, 4) is 18.2 Å². The number of amides is 1. The maximum Gasteiger partial charge on any atom is 0.410 e. The van der Waals surface area contributed by atoms with E-state index in [2.05, 4.69) is 23.2 Å². The molecule has 2 atom stereocenters. The van der Waals surface area contributed by atoms with E-state index in [0.717, 1.165) is 5.56 Å². The Morgan fingerprint density at radius 2 is 1.94 bits per heavy atom. The van der Waals surface area contributed by atoms with Crippen LogP contribution in [-0.4, -0.2) is 29.1 Å². The van der Waals surface area contributed by atoms with Crippen LogP contribution in [0, 0.1) is 45.3 Å². The Bertz CT molecular complexity index is 1230. The van der Waals surface area contributed by atoms with Gasteiger partial charge in [-0.25, -0.2) is 4.79 Å². The number of allylic oxidation sites excluding steroid dienone is 2. The Morgan fingerprint density at radius 1 is 1.18 bits per heavy atom.